The molecule has 2 unspecified atom stereocenters. The predicted octanol–water partition coefficient (Wildman–Crippen LogP) is 3.35. The Hall–Kier alpha value is -4.07. The second-order valence-corrected chi connectivity index (χ2v) is 10.8. The third-order valence-electron chi connectivity index (χ3n) is 6.07. The van der Waals surface area contributed by atoms with Crippen molar-refractivity contribution in [2.75, 3.05) is 19.7 Å². The van der Waals surface area contributed by atoms with E-state index in [0.29, 0.717) is 17.5 Å². The Labute approximate surface area is 249 Å². The summed E-state index contributed by atoms with van der Waals surface area (Å²) in [5, 5.41) is 5.18. The van der Waals surface area contributed by atoms with Crippen molar-refractivity contribution in [3.8, 4) is 12.3 Å². The molecule has 11 heteroatoms. The summed E-state index contributed by atoms with van der Waals surface area (Å²) in [6.07, 6.45) is 8.39. The van der Waals surface area contributed by atoms with Crippen molar-refractivity contribution < 1.29 is 33.4 Å². The molecule has 0 saturated heterocycles. The number of esters is 1. The zero-order valence-corrected chi connectivity index (χ0v) is 25.5. The zero-order valence-electron chi connectivity index (χ0n) is 25.5. The summed E-state index contributed by atoms with van der Waals surface area (Å²) in [6, 6.07) is 4.05. The van der Waals surface area contributed by atoms with Crippen LogP contribution in [0.1, 0.15) is 96.7 Å². The fourth-order valence-corrected chi connectivity index (χ4v) is 4.16. The Bertz CT molecular complexity index is 1090. The van der Waals surface area contributed by atoms with Gasteiger partial charge in [0, 0.05) is 18.7 Å². The molecule has 4 N–H and O–H groups in total. The minimum atomic E-state index is -1.38. The number of ether oxygens (including phenoxy) is 2. The highest BCUT2D eigenvalue weighted by molar-refractivity contribution is 5.94. The van der Waals surface area contributed by atoms with Gasteiger partial charge in [0.15, 0.2) is 0 Å². The van der Waals surface area contributed by atoms with Gasteiger partial charge in [-0.3, -0.25) is 19.2 Å². The second-order valence-electron chi connectivity index (χ2n) is 10.8. The maximum absolute atomic E-state index is 14.1. The summed E-state index contributed by atoms with van der Waals surface area (Å²) in [7, 11) is 0. The van der Waals surface area contributed by atoms with E-state index in [1.165, 1.54) is 4.90 Å². The highest BCUT2D eigenvalue weighted by atomic mass is 16.6. The van der Waals surface area contributed by atoms with Crippen molar-refractivity contribution in [3.63, 3.8) is 0 Å². The number of nitrogens with zero attached hydrogens (tertiary/aromatic N) is 1. The highest BCUT2D eigenvalue weighted by Crippen LogP contribution is 2.25. The molecule has 1 aromatic rings. The van der Waals surface area contributed by atoms with Crippen LogP contribution in [0, 0.1) is 12.3 Å². The summed E-state index contributed by atoms with van der Waals surface area (Å²) in [5.74, 6) is 0.000509. The van der Waals surface area contributed by atoms with Crippen LogP contribution in [0.2, 0.25) is 0 Å². The fraction of sp³-hybridized carbons (Fsp3) is 0.581. The summed E-state index contributed by atoms with van der Waals surface area (Å²) in [5.41, 5.74) is 5.62. The smallest absolute Gasteiger partial charge is 0.408 e. The molecule has 0 heterocycles. The number of hydrogen-bond donors (Lipinski definition) is 3. The average Bonchev–Trinajstić information content (AvgIpc) is 2.90. The van der Waals surface area contributed by atoms with Crippen molar-refractivity contribution in [3.05, 3.63) is 35.4 Å². The van der Waals surface area contributed by atoms with Crippen LogP contribution < -0.4 is 16.4 Å². The molecule has 0 fully saturated rings. The lowest BCUT2D eigenvalue weighted by Crippen LogP contribution is -2.54. The lowest BCUT2D eigenvalue weighted by molar-refractivity contribution is -0.144. The minimum Gasteiger partial charge on any atom is -0.466 e. The van der Waals surface area contributed by atoms with Gasteiger partial charge >= 0.3 is 12.1 Å². The third kappa shape index (κ3) is 13.5. The Morgan fingerprint density at radius 3 is 2.21 bits per heavy atom. The molecule has 0 radical (unpaired) electrons. The van der Waals surface area contributed by atoms with Crippen LogP contribution in [0.3, 0.4) is 0 Å². The number of nitrogens with two attached hydrogens (primary N) is 1. The quantitative estimate of drug-likeness (QED) is 0.144. The molecule has 0 aromatic heterocycles. The molecule has 0 spiro atoms. The molecule has 2 atom stereocenters. The van der Waals surface area contributed by atoms with E-state index >= 15 is 0 Å². The molecule has 42 heavy (non-hydrogen) atoms. The normalized spacial score (nSPS) is 12.3. The molecule has 0 saturated carbocycles. The molecule has 0 aliphatic rings. The van der Waals surface area contributed by atoms with Crippen LogP contribution in [0.4, 0.5) is 4.79 Å². The maximum atomic E-state index is 14.1. The van der Waals surface area contributed by atoms with Gasteiger partial charge in [-0.15, -0.1) is 6.42 Å². The summed E-state index contributed by atoms with van der Waals surface area (Å²) < 4.78 is 10.2. The van der Waals surface area contributed by atoms with Crippen LogP contribution in [0.5, 0.6) is 0 Å². The fourth-order valence-electron chi connectivity index (χ4n) is 4.16. The first kappa shape index (κ1) is 36.0. The molecule has 1 aromatic carbocycles. The number of primary amides is 1. The topological polar surface area (TPSA) is 157 Å². The van der Waals surface area contributed by atoms with Gasteiger partial charge in [-0.2, -0.15) is 0 Å². The van der Waals surface area contributed by atoms with E-state index in [4.69, 9.17) is 21.6 Å². The Kier molecular flexibility index (Phi) is 15.7. The zero-order chi connectivity index (χ0) is 31.7. The molecule has 4 amide bonds. The number of unbranched alkanes of at least 4 members (excludes halogenated alkanes) is 4. The molecule has 0 bridgehead atoms. The molecule has 0 aliphatic carbocycles. The van der Waals surface area contributed by atoms with Gasteiger partial charge in [-0.25, -0.2) is 4.79 Å². The lowest BCUT2D eigenvalue weighted by atomic mass is 10.00. The number of carbonyl (C=O) groups excluding carboxylic acids is 5. The lowest BCUT2D eigenvalue weighted by Gasteiger charge is -2.34. The molecule has 0 aliphatic heterocycles. The Morgan fingerprint density at radius 1 is 1.02 bits per heavy atom. The van der Waals surface area contributed by atoms with Crippen LogP contribution in [-0.2, 0) is 28.7 Å². The summed E-state index contributed by atoms with van der Waals surface area (Å²) in [6.45, 7) is 9.11. The number of benzene rings is 1. The molecule has 1 rings (SSSR count). The summed E-state index contributed by atoms with van der Waals surface area (Å²) in [4.78, 5) is 65.5. The first-order chi connectivity index (χ1) is 19.8. The third-order valence-corrected chi connectivity index (χ3v) is 6.07. The van der Waals surface area contributed by atoms with Crippen molar-refractivity contribution >= 4 is 29.8 Å². The second kappa shape index (κ2) is 18.4. The monoisotopic (exact) mass is 586 g/mol. The minimum absolute atomic E-state index is 0.0178. The standard InChI is InChI=1S/C31H46N4O7/c1-7-10-11-12-13-20-35(29(39)24(21-25(32)36)34-30(40)42-31(4,5)6)27(23-16-14-22(8-2)15-17-23)28(38)33-19-18-26(37)41-9-3/h2,14-17,24,27H,7,9-13,18-21H2,1,3-6H3,(H2,32,36)(H,33,38)(H,34,40). The SMILES string of the molecule is C#Cc1ccc(C(C(=O)NCCC(=O)OCC)N(CCCCCCC)C(=O)C(CC(N)=O)NC(=O)OC(C)(C)C)cc1. The van der Waals surface area contributed by atoms with E-state index in [1.807, 2.05) is 0 Å². The van der Waals surface area contributed by atoms with E-state index in [1.54, 1.807) is 52.0 Å². The Morgan fingerprint density at radius 2 is 1.67 bits per heavy atom. The van der Waals surface area contributed by atoms with Crippen molar-refractivity contribution in [2.24, 2.45) is 5.73 Å². The van der Waals surface area contributed by atoms with Crippen molar-refractivity contribution in [1.29, 1.82) is 0 Å². The van der Waals surface area contributed by atoms with Gasteiger partial charge in [-0.05, 0) is 51.8 Å². The van der Waals surface area contributed by atoms with Crippen LogP contribution in [0.15, 0.2) is 24.3 Å². The molecular weight excluding hydrogens is 540 g/mol. The van der Waals surface area contributed by atoms with E-state index in [0.717, 1.165) is 25.7 Å². The number of rotatable bonds is 17. The van der Waals surface area contributed by atoms with Gasteiger partial charge in [0.2, 0.25) is 17.7 Å². The number of nitrogens with one attached hydrogen (secondary N) is 2. The van der Waals surface area contributed by atoms with Gasteiger partial charge in [0.1, 0.15) is 17.7 Å². The first-order valence-corrected chi connectivity index (χ1v) is 14.4. The van der Waals surface area contributed by atoms with E-state index < -0.39 is 53.9 Å². The molecule has 11 nitrogen and oxygen atoms in total. The van der Waals surface area contributed by atoms with Crippen LogP contribution in [-0.4, -0.2) is 66.0 Å². The maximum Gasteiger partial charge on any atom is 0.408 e. The van der Waals surface area contributed by atoms with Crippen LogP contribution >= 0.6 is 0 Å². The van der Waals surface area contributed by atoms with Gasteiger partial charge in [0.25, 0.3) is 0 Å². The van der Waals surface area contributed by atoms with Gasteiger partial charge in [0.05, 0.1) is 19.4 Å². The average molecular weight is 587 g/mol. The van der Waals surface area contributed by atoms with Gasteiger partial charge < -0.3 is 30.7 Å². The predicted molar refractivity (Wildman–Crippen MR) is 159 cm³/mol. The van der Waals surface area contributed by atoms with E-state index in [-0.39, 0.29) is 26.1 Å². The van der Waals surface area contributed by atoms with Crippen LogP contribution in [0.25, 0.3) is 0 Å². The summed E-state index contributed by atoms with van der Waals surface area (Å²) >= 11 is 0. The van der Waals surface area contributed by atoms with E-state index in [2.05, 4.69) is 23.5 Å². The number of carbonyl (C=O) groups is 5. The molecular formula is C31H46N4O7. The number of hydrogen-bond acceptors (Lipinski definition) is 7. The van der Waals surface area contributed by atoms with Gasteiger partial charge in [-0.1, -0.05) is 50.7 Å². The highest BCUT2D eigenvalue weighted by Gasteiger charge is 2.36. The van der Waals surface area contributed by atoms with Crippen molar-refractivity contribution in [1.82, 2.24) is 15.5 Å². The van der Waals surface area contributed by atoms with Crippen molar-refractivity contribution in [2.45, 2.75) is 97.2 Å². The Balaban J connectivity index is 3.48. The molecule has 232 valence electrons. The van der Waals surface area contributed by atoms with E-state index in [9.17, 15) is 24.0 Å². The largest absolute Gasteiger partial charge is 0.466 e. The number of amides is 4. The number of terminal acetylenes is 1. The number of alkyl carbamates (subject to hydrolysis) is 1. The first-order valence-electron chi connectivity index (χ1n) is 14.4.